The lowest BCUT2D eigenvalue weighted by Gasteiger charge is -2.20. The molecule has 1 aromatic carbocycles. The molecule has 1 aliphatic rings. The lowest BCUT2D eigenvalue weighted by molar-refractivity contribution is 0.389. The average molecular weight is 332 g/mol. The molecule has 0 saturated carbocycles. The van der Waals surface area contributed by atoms with E-state index in [1.807, 2.05) is 17.8 Å². The molecule has 1 heterocycles. The van der Waals surface area contributed by atoms with Gasteiger partial charge in [-0.15, -0.1) is 0 Å². The van der Waals surface area contributed by atoms with E-state index in [1.54, 1.807) is 14.2 Å². The van der Waals surface area contributed by atoms with Gasteiger partial charge in [-0.1, -0.05) is 6.92 Å². The highest BCUT2D eigenvalue weighted by atomic mass is 79.9. The predicted octanol–water partition coefficient (Wildman–Crippen LogP) is 3.49. The highest BCUT2D eigenvalue weighted by Crippen LogP contribution is 2.46. The van der Waals surface area contributed by atoms with Gasteiger partial charge in [-0.3, -0.25) is 0 Å². The van der Waals surface area contributed by atoms with E-state index in [2.05, 4.69) is 22.9 Å². The van der Waals surface area contributed by atoms with Gasteiger partial charge < -0.3 is 15.2 Å². The van der Waals surface area contributed by atoms with Gasteiger partial charge in [-0.25, -0.2) is 0 Å². The SMILES string of the molecule is COc1cc(Br)c(OC)c2c1CSC(C)C[C@H]2N. The van der Waals surface area contributed by atoms with Gasteiger partial charge >= 0.3 is 0 Å². The summed E-state index contributed by atoms with van der Waals surface area (Å²) in [6, 6.07) is 1.95. The number of rotatable bonds is 2. The zero-order chi connectivity index (χ0) is 13.3. The first-order valence-corrected chi connectivity index (χ1v) is 7.73. The van der Waals surface area contributed by atoms with Crippen molar-refractivity contribution in [1.29, 1.82) is 0 Å². The Morgan fingerprint density at radius 2 is 2.11 bits per heavy atom. The molecule has 2 rings (SSSR count). The van der Waals surface area contributed by atoms with E-state index in [9.17, 15) is 0 Å². The molecule has 0 bridgehead atoms. The Balaban J connectivity index is 2.63. The van der Waals surface area contributed by atoms with Gasteiger partial charge in [0.2, 0.25) is 0 Å². The molecule has 0 aliphatic carbocycles. The topological polar surface area (TPSA) is 44.5 Å². The minimum absolute atomic E-state index is 0.00801. The molecule has 2 atom stereocenters. The Bertz CT molecular complexity index is 453. The molecule has 18 heavy (non-hydrogen) atoms. The maximum atomic E-state index is 6.34. The van der Waals surface area contributed by atoms with E-state index in [1.165, 1.54) is 5.56 Å². The van der Waals surface area contributed by atoms with E-state index in [0.717, 1.165) is 33.7 Å². The minimum atomic E-state index is -0.00801. The van der Waals surface area contributed by atoms with Crippen LogP contribution in [0.5, 0.6) is 11.5 Å². The summed E-state index contributed by atoms with van der Waals surface area (Å²) in [5.41, 5.74) is 8.59. The molecule has 0 radical (unpaired) electrons. The van der Waals surface area contributed by atoms with Crippen LogP contribution in [0.25, 0.3) is 0 Å². The highest BCUT2D eigenvalue weighted by molar-refractivity contribution is 9.10. The van der Waals surface area contributed by atoms with Crippen LogP contribution in [-0.4, -0.2) is 19.5 Å². The number of ether oxygens (including phenoxy) is 2. The van der Waals surface area contributed by atoms with E-state index in [-0.39, 0.29) is 6.04 Å². The summed E-state index contributed by atoms with van der Waals surface area (Å²) in [4.78, 5) is 0. The molecule has 2 N–H and O–H groups in total. The largest absolute Gasteiger partial charge is 0.496 e. The summed E-state index contributed by atoms with van der Waals surface area (Å²) in [6.45, 7) is 2.21. The molecule has 1 unspecified atom stereocenters. The van der Waals surface area contributed by atoms with Crippen LogP contribution in [0.1, 0.15) is 30.5 Å². The summed E-state index contributed by atoms with van der Waals surface area (Å²) in [7, 11) is 3.38. The van der Waals surface area contributed by atoms with Gasteiger partial charge in [-0.05, 0) is 28.4 Å². The second-order valence-electron chi connectivity index (χ2n) is 4.45. The fraction of sp³-hybridized carbons (Fsp3) is 0.538. The fourth-order valence-corrected chi connectivity index (χ4v) is 4.04. The second-order valence-corrected chi connectivity index (χ2v) is 6.73. The maximum absolute atomic E-state index is 6.34. The molecule has 5 heteroatoms. The normalized spacial score (nSPS) is 23.2. The van der Waals surface area contributed by atoms with Crippen LogP contribution < -0.4 is 15.2 Å². The van der Waals surface area contributed by atoms with Crippen LogP contribution in [0.15, 0.2) is 10.5 Å². The molecule has 0 fully saturated rings. The first-order valence-electron chi connectivity index (χ1n) is 5.88. The molecule has 1 aromatic rings. The van der Waals surface area contributed by atoms with Crippen molar-refractivity contribution in [2.45, 2.75) is 30.4 Å². The van der Waals surface area contributed by atoms with Crippen LogP contribution in [0.2, 0.25) is 0 Å². The zero-order valence-electron chi connectivity index (χ0n) is 10.8. The van der Waals surface area contributed by atoms with Crippen molar-refractivity contribution in [3.63, 3.8) is 0 Å². The molecule has 0 amide bonds. The molecule has 0 spiro atoms. The van der Waals surface area contributed by atoms with Gasteiger partial charge in [0, 0.05) is 28.2 Å². The van der Waals surface area contributed by atoms with Crippen LogP contribution in [0.4, 0.5) is 0 Å². The number of methoxy groups -OCH3 is 2. The van der Waals surface area contributed by atoms with Crippen molar-refractivity contribution in [1.82, 2.24) is 0 Å². The van der Waals surface area contributed by atoms with Gasteiger partial charge in [0.25, 0.3) is 0 Å². The van der Waals surface area contributed by atoms with Crippen molar-refractivity contribution in [3.8, 4) is 11.5 Å². The lowest BCUT2D eigenvalue weighted by Crippen LogP contribution is -2.16. The Labute approximate surface area is 121 Å². The molecule has 0 saturated heterocycles. The van der Waals surface area contributed by atoms with Crippen LogP contribution >= 0.6 is 27.7 Å². The summed E-state index contributed by atoms with van der Waals surface area (Å²) in [6.07, 6.45) is 0.952. The van der Waals surface area contributed by atoms with Gasteiger partial charge in [0.1, 0.15) is 11.5 Å². The Kier molecular flexibility index (Phi) is 4.45. The maximum Gasteiger partial charge on any atom is 0.138 e. The third-order valence-electron chi connectivity index (χ3n) is 3.23. The van der Waals surface area contributed by atoms with E-state index in [4.69, 9.17) is 15.2 Å². The van der Waals surface area contributed by atoms with E-state index < -0.39 is 0 Å². The molecular weight excluding hydrogens is 314 g/mol. The number of benzene rings is 1. The monoisotopic (exact) mass is 331 g/mol. The molecule has 3 nitrogen and oxygen atoms in total. The molecular formula is C13H18BrNO2S. The number of halogens is 1. The van der Waals surface area contributed by atoms with Crippen LogP contribution in [0.3, 0.4) is 0 Å². The highest BCUT2D eigenvalue weighted by Gasteiger charge is 2.27. The average Bonchev–Trinajstić information content (AvgIpc) is 2.48. The third kappa shape index (κ3) is 2.49. The minimum Gasteiger partial charge on any atom is -0.496 e. The number of hydrogen-bond acceptors (Lipinski definition) is 4. The first-order chi connectivity index (χ1) is 8.58. The number of fused-ring (bicyclic) bond motifs is 1. The Morgan fingerprint density at radius 3 is 2.72 bits per heavy atom. The summed E-state index contributed by atoms with van der Waals surface area (Å²) in [5, 5.41) is 0.542. The zero-order valence-corrected chi connectivity index (χ0v) is 13.2. The van der Waals surface area contributed by atoms with Crippen molar-refractivity contribution in [3.05, 3.63) is 21.7 Å². The van der Waals surface area contributed by atoms with Crippen LogP contribution in [-0.2, 0) is 5.75 Å². The first kappa shape index (κ1) is 14.0. The van der Waals surface area contributed by atoms with Gasteiger partial charge in [-0.2, -0.15) is 11.8 Å². The number of hydrogen-bond donors (Lipinski definition) is 1. The Hall–Kier alpha value is -0.390. The summed E-state index contributed by atoms with van der Waals surface area (Å²) >= 11 is 5.44. The standard InChI is InChI=1S/C13H18BrNO2S/c1-7-4-10(15)12-8(6-18-7)11(16-2)5-9(14)13(12)17-3/h5,7,10H,4,6,15H2,1-3H3/t7?,10-/m1/s1. The van der Waals surface area contributed by atoms with Gasteiger partial charge in [0.15, 0.2) is 0 Å². The third-order valence-corrected chi connectivity index (χ3v) is 5.04. The fourth-order valence-electron chi connectivity index (χ4n) is 2.37. The number of nitrogens with two attached hydrogens (primary N) is 1. The molecule has 0 aromatic heterocycles. The van der Waals surface area contributed by atoms with Crippen molar-refractivity contribution in [2.24, 2.45) is 5.73 Å². The molecule has 100 valence electrons. The van der Waals surface area contributed by atoms with Crippen LogP contribution in [0, 0.1) is 0 Å². The summed E-state index contributed by atoms with van der Waals surface area (Å²) in [5.74, 6) is 2.64. The number of thioether (sulfide) groups is 1. The van der Waals surface area contributed by atoms with E-state index in [0.29, 0.717) is 5.25 Å². The van der Waals surface area contributed by atoms with Crippen molar-refractivity contribution in [2.75, 3.05) is 14.2 Å². The molecule has 1 aliphatic heterocycles. The smallest absolute Gasteiger partial charge is 0.138 e. The summed E-state index contributed by atoms with van der Waals surface area (Å²) < 4.78 is 11.9. The second kappa shape index (κ2) is 5.72. The van der Waals surface area contributed by atoms with Gasteiger partial charge in [0.05, 0.1) is 18.7 Å². The van der Waals surface area contributed by atoms with E-state index >= 15 is 0 Å². The van der Waals surface area contributed by atoms with Crippen molar-refractivity contribution >= 4 is 27.7 Å². The Morgan fingerprint density at radius 1 is 1.39 bits per heavy atom. The predicted molar refractivity (Wildman–Crippen MR) is 79.5 cm³/mol. The lowest BCUT2D eigenvalue weighted by atomic mass is 9.96. The van der Waals surface area contributed by atoms with Crippen molar-refractivity contribution < 1.29 is 9.47 Å². The quantitative estimate of drug-likeness (QED) is 0.900.